The molecule has 26 heavy (non-hydrogen) atoms. The molecular formula is C19H17BrClN3O2. The van der Waals surface area contributed by atoms with Crippen molar-refractivity contribution in [2.45, 2.75) is 6.54 Å². The topological polar surface area (TPSA) is 77.2 Å². The summed E-state index contributed by atoms with van der Waals surface area (Å²) in [7, 11) is 0. The number of nitrogens with two attached hydrogens (primary N) is 1. The first kappa shape index (κ1) is 19.9. The number of anilines is 1. The number of pyridine rings is 1. The van der Waals surface area contributed by atoms with E-state index in [2.05, 4.69) is 26.2 Å². The third-order valence-electron chi connectivity index (χ3n) is 3.46. The maximum atomic E-state index is 12.4. The molecule has 1 aromatic heterocycles. The lowest BCUT2D eigenvalue weighted by Gasteiger charge is -2.09. The van der Waals surface area contributed by atoms with Crippen molar-refractivity contribution in [1.29, 1.82) is 0 Å². The predicted octanol–water partition coefficient (Wildman–Crippen LogP) is 4.77. The Morgan fingerprint density at radius 2 is 1.88 bits per heavy atom. The fourth-order valence-corrected chi connectivity index (χ4v) is 2.46. The van der Waals surface area contributed by atoms with Crippen molar-refractivity contribution in [2.24, 2.45) is 5.73 Å². The maximum absolute atomic E-state index is 12.4. The molecule has 3 N–H and O–H groups in total. The maximum Gasteiger partial charge on any atom is 0.255 e. The van der Waals surface area contributed by atoms with Crippen LogP contribution in [0.25, 0.3) is 0 Å². The molecule has 0 aliphatic heterocycles. The van der Waals surface area contributed by atoms with Crippen LogP contribution in [0.2, 0.25) is 0 Å². The standard InChI is InChI=1S/C19H16BrN3O2.ClH/c20-15-4-6-16(7-5-15)23-19(24)14-2-1-3-17(11-14)25-18-10-13(12-21)8-9-22-18;/h1-11H,12,21H2,(H,23,24);1H. The van der Waals surface area contributed by atoms with E-state index in [4.69, 9.17) is 10.5 Å². The number of nitrogens with zero attached hydrogens (tertiary/aromatic N) is 1. The van der Waals surface area contributed by atoms with E-state index >= 15 is 0 Å². The summed E-state index contributed by atoms with van der Waals surface area (Å²) in [5.74, 6) is 0.759. The molecule has 5 nitrogen and oxygen atoms in total. The summed E-state index contributed by atoms with van der Waals surface area (Å²) >= 11 is 3.36. The second kappa shape index (κ2) is 9.33. The minimum Gasteiger partial charge on any atom is -0.439 e. The van der Waals surface area contributed by atoms with Crippen molar-refractivity contribution < 1.29 is 9.53 Å². The molecule has 7 heteroatoms. The number of ether oxygens (including phenoxy) is 1. The number of hydrogen-bond donors (Lipinski definition) is 2. The van der Waals surface area contributed by atoms with Crippen LogP contribution in [-0.2, 0) is 6.54 Å². The lowest BCUT2D eigenvalue weighted by Crippen LogP contribution is -2.11. The molecule has 0 aliphatic carbocycles. The van der Waals surface area contributed by atoms with Gasteiger partial charge in [0.25, 0.3) is 5.91 Å². The summed E-state index contributed by atoms with van der Waals surface area (Å²) in [4.78, 5) is 16.5. The van der Waals surface area contributed by atoms with Crippen LogP contribution in [0, 0.1) is 0 Å². The number of nitrogens with one attached hydrogen (secondary N) is 1. The molecule has 1 heterocycles. The number of amides is 1. The van der Waals surface area contributed by atoms with Crippen molar-refractivity contribution in [3.63, 3.8) is 0 Å². The van der Waals surface area contributed by atoms with Crippen LogP contribution < -0.4 is 15.8 Å². The molecule has 134 valence electrons. The fourth-order valence-electron chi connectivity index (χ4n) is 2.19. The van der Waals surface area contributed by atoms with Crippen molar-refractivity contribution in [3.05, 3.63) is 82.5 Å². The van der Waals surface area contributed by atoms with Crippen LogP contribution in [0.15, 0.2) is 71.3 Å². The van der Waals surface area contributed by atoms with Crippen LogP contribution in [0.4, 0.5) is 5.69 Å². The quantitative estimate of drug-likeness (QED) is 0.606. The molecule has 0 atom stereocenters. The Balaban J connectivity index is 0.00000243. The van der Waals surface area contributed by atoms with Gasteiger partial charge < -0.3 is 15.8 Å². The lowest BCUT2D eigenvalue weighted by atomic mass is 10.2. The number of aromatic nitrogens is 1. The highest BCUT2D eigenvalue weighted by Crippen LogP contribution is 2.22. The van der Waals surface area contributed by atoms with Crippen LogP contribution in [-0.4, -0.2) is 10.9 Å². The van der Waals surface area contributed by atoms with Gasteiger partial charge in [-0.25, -0.2) is 4.98 Å². The molecule has 0 saturated carbocycles. The van der Waals surface area contributed by atoms with E-state index in [-0.39, 0.29) is 18.3 Å². The zero-order chi connectivity index (χ0) is 17.6. The molecule has 0 bridgehead atoms. The molecule has 0 radical (unpaired) electrons. The first-order chi connectivity index (χ1) is 12.1. The zero-order valence-corrected chi connectivity index (χ0v) is 16.1. The highest BCUT2D eigenvalue weighted by atomic mass is 79.9. The van der Waals surface area contributed by atoms with E-state index in [1.54, 1.807) is 36.5 Å². The molecular weight excluding hydrogens is 418 g/mol. The highest BCUT2D eigenvalue weighted by molar-refractivity contribution is 9.10. The van der Waals surface area contributed by atoms with Gasteiger partial charge in [-0.15, -0.1) is 12.4 Å². The Hall–Kier alpha value is -2.41. The first-order valence-corrected chi connectivity index (χ1v) is 8.43. The second-order valence-electron chi connectivity index (χ2n) is 5.30. The normalized spacial score (nSPS) is 9.92. The number of benzene rings is 2. The van der Waals surface area contributed by atoms with E-state index in [1.165, 1.54) is 0 Å². The van der Waals surface area contributed by atoms with Crippen LogP contribution in [0.3, 0.4) is 0 Å². The molecule has 1 amide bonds. The van der Waals surface area contributed by atoms with Crippen LogP contribution in [0.1, 0.15) is 15.9 Å². The number of halogens is 2. The smallest absolute Gasteiger partial charge is 0.255 e. The summed E-state index contributed by atoms with van der Waals surface area (Å²) < 4.78 is 6.68. The van der Waals surface area contributed by atoms with Crippen molar-refractivity contribution >= 4 is 39.9 Å². The van der Waals surface area contributed by atoms with E-state index in [0.717, 1.165) is 15.7 Å². The summed E-state index contributed by atoms with van der Waals surface area (Å²) in [6.07, 6.45) is 1.64. The van der Waals surface area contributed by atoms with Gasteiger partial charge in [0.15, 0.2) is 0 Å². The summed E-state index contributed by atoms with van der Waals surface area (Å²) in [5.41, 5.74) is 7.76. The highest BCUT2D eigenvalue weighted by Gasteiger charge is 2.08. The van der Waals surface area contributed by atoms with Gasteiger partial charge in [-0.2, -0.15) is 0 Å². The van der Waals surface area contributed by atoms with Gasteiger partial charge in [0.05, 0.1) is 0 Å². The Kier molecular flexibility index (Phi) is 7.15. The van der Waals surface area contributed by atoms with E-state index in [9.17, 15) is 4.79 Å². The lowest BCUT2D eigenvalue weighted by molar-refractivity contribution is 0.102. The van der Waals surface area contributed by atoms with Gasteiger partial charge in [-0.05, 0) is 54.1 Å². The average Bonchev–Trinajstić information content (AvgIpc) is 2.64. The van der Waals surface area contributed by atoms with Crippen molar-refractivity contribution in [1.82, 2.24) is 4.98 Å². The molecule has 0 saturated heterocycles. The minimum atomic E-state index is -0.212. The van der Waals surface area contributed by atoms with Crippen LogP contribution in [0.5, 0.6) is 11.6 Å². The zero-order valence-electron chi connectivity index (χ0n) is 13.7. The molecule has 0 aliphatic rings. The number of rotatable bonds is 5. The van der Waals surface area contributed by atoms with Crippen molar-refractivity contribution in [2.75, 3.05) is 5.32 Å². The second-order valence-corrected chi connectivity index (χ2v) is 6.21. The molecule has 3 aromatic rings. The Morgan fingerprint density at radius 1 is 1.12 bits per heavy atom. The third-order valence-corrected chi connectivity index (χ3v) is 3.98. The summed E-state index contributed by atoms with van der Waals surface area (Å²) in [6.45, 7) is 0.411. The first-order valence-electron chi connectivity index (χ1n) is 7.64. The van der Waals surface area contributed by atoms with Gasteiger partial charge >= 0.3 is 0 Å². The molecule has 0 spiro atoms. The van der Waals surface area contributed by atoms with E-state index in [1.807, 2.05) is 30.3 Å². The van der Waals surface area contributed by atoms with E-state index < -0.39 is 0 Å². The van der Waals surface area contributed by atoms with Gasteiger partial charge in [-0.1, -0.05) is 22.0 Å². The third kappa shape index (κ3) is 5.29. The monoisotopic (exact) mass is 433 g/mol. The number of carbonyl (C=O) groups excluding carboxylic acids is 1. The van der Waals surface area contributed by atoms with Gasteiger partial charge in [0, 0.05) is 34.5 Å². The summed E-state index contributed by atoms with van der Waals surface area (Å²) in [6, 6.07) is 17.9. The van der Waals surface area contributed by atoms with Gasteiger partial charge in [0.2, 0.25) is 5.88 Å². The molecule has 2 aromatic carbocycles. The largest absolute Gasteiger partial charge is 0.439 e. The fraction of sp³-hybridized carbons (Fsp3) is 0.0526. The molecule has 3 rings (SSSR count). The van der Waals surface area contributed by atoms with Gasteiger partial charge in [0.1, 0.15) is 5.75 Å². The number of carbonyl (C=O) groups is 1. The molecule has 0 unspecified atom stereocenters. The predicted molar refractivity (Wildman–Crippen MR) is 108 cm³/mol. The van der Waals surface area contributed by atoms with Gasteiger partial charge in [-0.3, -0.25) is 4.79 Å². The minimum absolute atomic E-state index is 0. The Morgan fingerprint density at radius 3 is 2.62 bits per heavy atom. The number of hydrogen-bond acceptors (Lipinski definition) is 4. The van der Waals surface area contributed by atoms with E-state index in [0.29, 0.717) is 23.7 Å². The Labute approximate surface area is 166 Å². The SMILES string of the molecule is Cl.NCc1ccnc(Oc2cccc(C(=O)Nc3ccc(Br)cc3)c2)c1. The summed E-state index contributed by atoms with van der Waals surface area (Å²) in [5, 5.41) is 2.85. The van der Waals surface area contributed by atoms with Crippen molar-refractivity contribution in [3.8, 4) is 11.6 Å². The van der Waals surface area contributed by atoms with Crippen LogP contribution >= 0.6 is 28.3 Å². The average molecular weight is 435 g/mol. The Bertz CT molecular complexity index is 888. The molecule has 0 fully saturated rings.